The van der Waals surface area contributed by atoms with Gasteiger partial charge in [0.25, 0.3) is 0 Å². The third kappa shape index (κ3) is 2.82. The lowest BCUT2D eigenvalue weighted by atomic mass is 9.96. The lowest BCUT2D eigenvalue weighted by Crippen LogP contribution is -2.03. The van der Waals surface area contributed by atoms with Crippen molar-refractivity contribution >= 4 is 28.0 Å². The van der Waals surface area contributed by atoms with Gasteiger partial charge in [-0.2, -0.15) is 0 Å². The van der Waals surface area contributed by atoms with Crippen molar-refractivity contribution in [3.05, 3.63) is 115 Å². The number of hydrogen-bond acceptors (Lipinski definition) is 1. The smallest absolute Gasteiger partial charge is 0.0638 e. The van der Waals surface area contributed by atoms with E-state index in [0.717, 1.165) is 24.2 Å². The molecule has 5 aromatic rings. The second kappa shape index (κ2) is 7.64. The number of anilines is 2. The molecule has 2 heterocycles. The van der Waals surface area contributed by atoms with Crippen LogP contribution in [0.1, 0.15) is 12.8 Å². The van der Waals surface area contributed by atoms with Gasteiger partial charge in [0.2, 0.25) is 0 Å². The van der Waals surface area contributed by atoms with E-state index in [4.69, 9.17) is 0 Å². The molecular formula is C32H24N2. The Morgan fingerprint density at radius 3 is 2.15 bits per heavy atom. The highest BCUT2D eigenvalue weighted by Gasteiger charge is 2.28. The summed E-state index contributed by atoms with van der Waals surface area (Å²) in [6, 6.07) is 35.0. The van der Waals surface area contributed by atoms with Crippen LogP contribution in [0.15, 0.2) is 115 Å². The molecule has 4 aromatic carbocycles. The number of fused-ring (bicyclic) bond motifs is 7. The van der Waals surface area contributed by atoms with Gasteiger partial charge in [-0.05, 0) is 36.6 Å². The van der Waals surface area contributed by atoms with Gasteiger partial charge in [-0.25, -0.2) is 0 Å². The molecule has 2 heteroatoms. The highest BCUT2D eigenvalue weighted by atomic mass is 15.0. The van der Waals surface area contributed by atoms with Crippen LogP contribution in [0.3, 0.4) is 0 Å². The van der Waals surface area contributed by atoms with Crippen LogP contribution in [0, 0.1) is 0 Å². The largest absolute Gasteiger partial charge is 0.354 e. The van der Waals surface area contributed by atoms with Gasteiger partial charge in [-0.3, -0.25) is 0 Å². The van der Waals surface area contributed by atoms with Gasteiger partial charge >= 0.3 is 0 Å². The number of nitrogens with one attached hydrogen (secondary N) is 1. The highest BCUT2D eigenvalue weighted by molar-refractivity contribution is 6.15. The van der Waals surface area contributed by atoms with Crippen LogP contribution in [0.25, 0.3) is 50.1 Å². The van der Waals surface area contributed by atoms with E-state index in [1.54, 1.807) is 0 Å². The van der Waals surface area contributed by atoms with E-state index in [9.17, 15) is 0 Å². The number of para-hydroxylation sites is 3. The SMILES string of the molecule is C1=CCCC(n2c3c(c4cccc(-c5ccccc5)c42)-c2ccccc2Nc2ccccc2-3)=C1. The molecule has 1 aromatic heterocycles. The normalized spacial score (nSPS) is 13.9. The molecular weight excluding hydrogens is 412 g/mol. The minimum Gasteiger partial charge on any atom is -0.354 e. The lowest BCUT2D eigenvalue weighted by Gasteiger charge is -2.19. The second-order valence-electron chi connectivity index (χ2n) is 8.97. The van der Waals surface area contributed by atoms with Gasteiger partial charge in [0.05, 0.1) is 11.2 Å². The van der Waals surface area contributed by atoms with Crippen LogP contribution in [0.4, 0.5) is 11.4 Å². The van der Waals surface area contributed by atoms with Gasteiger partial charge in [0, 0.05) is 44.7 Å². The summed E-state index contributed by atoms with van der Waals surface area (Å²) >= 11 is 0. The third-order valence-corrected chi connectivity index (χ3v) is 7.00. The molecule has 0 saturated heterocycles. The number of rotatable bonds is 2. The van der Waals surface area contributed by atoms with Crippen molar-refractivity contribution in [2.24, 2.45) is 0 Å². The fourth-order valence-corrected chi connectivity index (χ4v) is 5.53. The zero-order valence-corrected chi connectivity index (χ0v) is 18.8. The first-order valence-electron chi connectivity index (χ1n) is 11.9. The first-order valence-corrected chi connectivity index (χ1v) is 11.9. The highest BCUT2D eigenvalue weighted by Crippen LogP contribution is 2.51. The predicted molar refractivity (Wildman–Crippen MR) is 144 cm³/mol. The van der Waals surface area contributed by atoms with Crippen LogP contribution in [0.5, 0.6) is 0 Å². The topological polar surface area (TPSA) is 17.0 Å². The molecule has 34 heavy (non-hydrogen) atoms. The maximum atomic E-state index is 3.73. The fourth-order valence-electron chi connectivity index (χ4n) is 5.53. The second-order valence-corrected chi connectivity index (χ2v) is 8.97. The monoisotopic (exact) mass is 436 g/mol. The molecule has 0 saturated carbocycles. The zero-order chi connectivity index (χ0) is 22.5. The Hall–Kier alpha value is -4.30. The molecule has 1 aliphatic carbocycles. The molecule has 2 aliphatic rings. The van der Waals surface area contributed by atoms with Crippen molar-refractivity contribution in [2.45, 2.75) is 12.8 Å². The Labute approximate surface area is 199 Å². The van der Waals surface area contributed by atoms with Crippen molar-refractivity contribution in [3.63, 3.8) is 0 Å². The van der Waals surface area contributed by atoms with Crippen molar-refractivity contribution in [1.29, 1.82) is 0 Å². The Bertz CT molecular complexity index is 1620. The summed E-state index contributed by atoms with van der Waals surface area (Å²) in [5.74, 6) is 0. The fraction of sp³-hybridized carbons (Fsp3) is 0.0625. The third-order valence-electron chi connectivity index (χ3n) is 7.00. The lowest BCUT2D eigenvalue weighted by molar-refractivity contribution is 0.968. The molecule has 0 atom stereocenters. The summed E-state index contributed by atoms with van der Waals surface area (Å²) in [6.45, 7) is 0. The van der Waals surface area contributed by atoms with E-state index in [1.807, 2.05) is 0 Å². The van der Waals surface area contributed by atoms with Crippen molar-refractivity contribution in [3.8, 4) is 33.5 Å². The molecule has 0 spiro atoms. The summed E-state index contributed by atoms with van der Waals surface area (Å²) in [4.78, 5) is 0. The van der Waals surface area contributed by atoms with Crippen LogP contribution in [-0.2, 0) is 0 Å². The molecule has 2 nitrogen and oxygen atoms in total. The molecule has 0 radical (unpaired) electrons. The molecule has 0 amide bonds. The molecule has 7 rings (SSSR count). The molecule has 0 fully saturated rings. The van der Waals surface area contributed by atoms with Crippen molar-refractivity contribution in [2.75, 3.05) is 5.32 Å². The number of nitrogens with zero attached hydrogens (tertiary/aromatic N) is 1. The number of allylic oxidation sites excluding steroid dienone is 4. The summed E-state index contributed by atoms with van der Waals surface area (Å²) < 4.78 is 2.54. The van der Waals surface area contributed by atoms with E-state index in [2.05, 4.69) is 125 Å². The molecule has 162 valence electrons. The van der Waals surface area contributed by atoms with E-state index in [0.29, 0.717) is 0 Å². The minimum absolute atomic E-state index is 1.02. The van der Waals surface area contributed by atoms with E-state index >= 15 is 0 Å². The summed E-state index contributed by atoms with van der Waals surface area (Å²) in [5, 5.41) is 5.02. The van der Waals surface area contributed by atoms with E-state index < -0.39 is 0 Å². The zero-order valence-electron chi connectivity index (χ0n) is 18.8. The van der Waals surface area contributed by atoms with Gasteiger partial charge in [0.15, 0.2) is 0 Å². The van der Waals surface area contributed by atoms with Gasteiger partial charge in [0.1, 0.15) is 0 Å². The number of aromatic nitrogens is 1. The predicted octanol–water partition coefficient (Wildman–Crippen LogP) is 8.89. The van der Waals surface area contributed by atoms with Gasteiger partial charge < -0.3 is 9.88 Å². The van der Waals surface area contributed by atoms with Gasteiger partial charge in [-0.15, -0.1) is 0 Å². The van der Waals surface area contributed by atoms with Crippen LogP contribution in [-0.4, -0.2) is 4.57 Å². The van der Waals surface area contributed by atoms with Crippen LogP contribution >= 0.6 is 0 Å². The van der Waals surface area contributed by atoms with Crippen LogP contribution < -0.4 is 5.32 Å². The number of benzene rings is 4. The summed E-state index contributed by atoms with van der Waals surface area (Å²) in [5.41, 5.74) is 12.5. The number of hydrogen-bond donors (Lipinski definition) is 1. The Balaban J connectivity index is 1.71. The minimum atomic E-state index is 1.02. The van der Waals surface area contributed by atoms with Crippen molar-refractivity contribution < 1.29 is 0 Å². The van der Waals surface area contributed by atoms with Crippen LogP contribution in [0.2, 0.25) is 0 Å². The summed E-state index contributed by atoms with van der Waals surface area (Å²) in [6.07, 6.45) is 8.84. The first-order chi connectivity index (χ1) is 16.9. The van der Waals surface area contributed by atoms with E-state index in [1.165, 1.54) is 50.1 Å². The molecule has 0 unspecified atom stereocenters. The first kappa shape index (κ1) is 19.2. The van der Waals surface area contributed by atoms with E-state index in [-0.39, 0.29) is 0 Å². The Kier molecular flexibility index (Phi) is 4.31. The Morgan fingerprint density at radius 1 is 0.647 bits per heavy atom. The molecule has 1 N–H and O–H groups in total. The standard InChI is InChI=1S/C32H24N2/c1-3-12-22(13-4-1)24-18-11-19-27-30-25-16-7-9-20-28(25)33-29-21-10-8-17-26(29)32(30)34(31(24)27)23-14-5-2-6-15-23/h1-5,7-14,16-21,33H,6,15H2. The quantitative estimate of drug-likeness (QED) is 0.287. The Morgan fingerprint density at radius 2 is 1.35 bits per heavy atom. The molecule has 1 aliphatic heterocycles. The molecule has 0 bridgehead atoms. The van der Waals surface area contributed by atoms with Crippen molar-refractivity contribution in [1.82, 2.24) is 4.57 Å². The maximum absolute atomic E-state index is 3.73. The maximum Gasteiger partial charge on any atom is 0.0638 e. The summed E-state index contributed by atoms with van der Waals surface area (Å²) in [7, 11) is 0. The average Bonchev–Trinajstić information content (AvgIpc) is 3.17. The van der Waals surface area contributed by atoms with Gasteiger partial charge in [-0.1, -0.05) is 97.1 Å². The average molecular weight is 437 g/mol.